The van der Waals surface area contributed by atoms with Gasteiger partial charge in [0, 0.05) is 55.3 Å². The predicted octanol–water partition coefficient (Wildman–Crippen LogP) is 4.44. The van der Waals surface area contributed by atoms with Crippen LogP contribution in [0.5, 0.6) is 11.5 Å². The maximum absolute atomic E-state index is 12.9. The van der Waals surface area contributed by atoms with Crippen LogP contribution in [0.4, 0.5) is 10.6 Å². The summed E-state index contributed by atoms with van der Waals surface area (Å²) in [6.45, 7) is 7.15. The molecule has 5 heterocycles. The molecule has 2 fully saturated rings. The molecule has 2 aromatic heterocycles. The summed E-state index contributed by atoms with van der Waals surface area (Å²) < 4.78 is 24.8. The third kappa shape index (κ3) is 5.17. The molecule has 3 aliphatic rings. The van der Waals surface area contributed by atoms with Gasteiger partial charge in [0.05, 0.1) is 18.6 Å². The maximum atomic E-state index is 12.9. The topological polar surface area (TPSA) is 104 Å². The molecule has 6 rings (SSSR count). The lowest BCUT2D eigenvalue weighted by Gasteiger charge is -2.44. The number of imidazole rings is 1. The molecule has 40 heavy (non-hydrogen) atoms. The molecule has 1 aromatic carbocycles. The van der Waals surface area contributed by atoms with Crippen molar-refractivity contribution in [3.63, 3.8) is 0 Å². The van der Waals surface area contributed by atoms with E-state index >= 15 is 0 Å². The van der Waals surface area contributed by atoms with Crippen molar-refractivity contribution >= 4 is 11.9 Å². The monoisotopic (exact) mass is 548 g/mol. The summed E-state index contributed by atoms with van der Waals surface area (Å²) in [6, 6.07) is 8.41. The number of fused-ring (bicyclic) bond motifs is 3. The number of methoxy groups -OCH3 is 1. The molecule has 0 spiro atoms. The number of anilines is 1. The summed E-state index contributed by atoms with van der Waals surface area (Å²) in [5, 5.41) is 9.27. The van der Waals surface area contributed by atoms with E-state index in [-0.39, 0.29) is 31.0 Å². The maximum Gasteiger partial charge on any atom is 0.410 e. The van der Waals surface area contributed by atoms with Gasteiger partial charge >= 0.3 is 6.09 Å². The molecule has 0 aliphatic carbocycles. The van der Waals surface area contributed by atoms with Crippen LogP contribution >= 0.6 is 0 Å². The molecule has 212 valence electrons. The minimum Gasteiger partial charge on any atom is -0.488 e. The number of piperidine rings is 1. The van der Waals surface area contributed by atoms with Gasteiger partial charge in [-0.25, -0.2) is 9.78 Å². The van der Waals surface area contributed by atoms with E-state index in [1.54, 1.807) is 19.6 Å². The van der Waals surface area contributed by atoms with Crippen LogP contribution < -0.4 is 14.4 Å². The molecule has 3 aliphatic heterocycles. The van der Waals surface area contributed by atoms with Crippen molar-refractivity contribution in [3.05, 3.63) is 43.0 Å². The Balaban J connectivity index is 1.24. The van der Waals surface area contributed by atoms with E-state index in [0.717, 1.165) is 49.3 Å². The summed E-state index contributed by atoms with van der Waals surface area (Å²) >= 11 is 0. The van der Waals surface area contributed by atoms with Gasteiger partial charge in [0.15, 0.2) is 18.4 Å². The smallest absolute Gasteiger partial charge is 0.410 e. The van der Waals surface area contributed by atoms with Crippen molar-refractivity contribution in [2.24, 2.45) is 0 Å². The summed E-state index contributed by atoms with van der Waals surface area (Å²) in [6.07, 6.45) is 8.90. The number of carbonyl (C=O) groups is 1. The average Bonchev–Trinajstić information content (AvgIpc) is 3.56. The number of aromatic nitrogens is 4. The summed E-state index contributed by atoms with van der Waals surface area (Å²) in [7, 11) is 1.59. The van der Waals surface area contributed by atoms with Gasteiger partial charge in [-0.15, -0.1) is 10.2 Å². The molecular formula is C29H36N6O5. The Hall–Kier alpha value is -3.86. The van der Waals surface area contributed by atoms with Gasteiger partial charge in [-0.3, -0.25) is 0 Å². The highest BCUT2D eigenvalue weighted by atomic mass is 16.7. The van der Waals surface area contributed by atoms with Crippen molar-refractivity contribution in [3.8, 4) is 28.4 Å². The van der Waals surface area contributed by atoms with Gasteiger partial charge in [0.1, 0.15) is 23.7 Å². The van der Waals surface area contributed by atoms with E-state index in [0.29, 0.717) is 23.8 Å². The van der Waals surface area contributed by atoms with Crippen LogP contribution in [0.25, 0.3) is 16.9 Å². The van der Waals surface area contributed by atoms with Gasteiger partial charge in [-0.2, -0.15) is 0 Å². The molecule has 3 aromatic rings. The molecule has 2 atom stereocenters. The summed E-state index contributed by atoms with van der Waals surface area (Å²) in [4.78, 5) is 21.4. The number of benzene rings is 1. The Morgan fingerprint density at radius 3 is 2.60 bits per heavy atom. The zero-order chi connectivity index (χ0) is 27.9. The van der Waals surface area contributed by atoms with E-state index in [4.69, 9.17) is 18.9 Å². The van der Waals surface area contributed by atoms with Crippen LogP contribution in [-0.2, 0) is 9.47 Å². The lowest BCUT2D eigenvalue weighted by atomic mass is 9.95. The van der Waals surface area contributed by atoms with E-state index < -0.39 is 5.60 Å². The molecular weight excluding hydrogens is 512 g/mol. The van der Waals surface area contributed by atoms with Crippen LogP contribution in [0, 0.1) is 0 Å². The quantitative estimate of drug-likeness (QED) is 0.414. The van der Waals surface area contributed by atoms with Crippen molar-refractivity contribution in [2.45, 2.75) is 70.2 Å². The van der Waals surface area contributed by atoms with Gasteiger partial charge in [0.2, 0.25) is 0 Å². The highest BCUT2D eigenvalue weighted by molar-refractivity contribution is 5.72. The molecule has 2 bridgehead atoms. The molecule has 0 radical (unpaired) electrons. The van der Waals surface area contributed by atoms with E-state index in [9.17, 15) is 4.79 Å². The third-order valence-corrected chi connectivity index (χ3v) is 7.73. The molecule has 11 heteroatoms. The number of carbonyl (C=O) groups excluding carboxylic acids is 1. The first-order valence-corrected chi connectivity index (χ1v) is 13.8. The second-order valence-electron chi connectivity index (χ2n) is 11.6. The van der Waals surface area contributed by atoms with Crippen LogP contribution in [0.1, 0.15) is 46.5 Å². The normalized spacial score (nSPS) is 22.1. The standard InChI is InChI=1S/C29H36N6O5/c1-29(2,3)40-28(36)35-20-5-6-21(35)14-22(13-20)34-11-12-38-26-16-24(31-32-27(26)34)23-8-7-19(33-10-9-30-17-33)15-25(23)39-18-37-4/h7-10,15-17,20-22H,5-6,11-14,18H2,1-4H3. The number of ether oxygens (including phenoxy) is 4. The molecule has 2 unspecified atom stereocenters. The minimum absolute atomic E-state index is 0.105. The van der Waals surface area contributed by atoms with Crippen molar-refractivity contribution in [2.75, 3.05) is 32.0 Å². The number of amides is 1. The minimum atomic E-state index is -0.502. The zero-order valence-corrected chi connectivity index (χ0v) is 23.4. The Kier molecular flexibility index (Phi) is 6.99. The Morgan fingerprint density at radius 1 is 1.10 bits per heavy atom. The second-order valence-corrected chi connectivity index (χ2v) is 11.6. The Morgan fingerprint density at radius 2 is 1.90 bits per heavy atom. The summed E-state index contributed by atoms with van der Waals surface area (Å²) in [5.41, 5.74) is 1.86. The van der Waals surface area contributed by atoms with Crippen LogP contribution in [-0.4, -0.2) is 81.5 Å². The number of nitrogens with zero attached hydrogens (tertiary/aromatic N) is 6. The van der Waals surface area contributed by atoms with Gasteiger partial charge in [-0.1, -0.05) is 0 Å². The van der Waals surface area contributed by atoms with Crippen LogP contribution in [0.2, 0.25) is 0 Å². The lowest BCUT2D eigenvalue weighted by Crippen LogP contribution is -2.55. The van der Waals surface area contributed by atoms with E-state index in [2.05, 4.69) is 20.1 Å². The largest absolute Gasteiger partial charge is 0.488 e. The summed E-state index contributed by atoms with van der Waals surface area (Å²) in [5.74, 6) is 2.08. The van der Waals surface area contributed by atoms with Gasteiger partial charge < -0.3 is 33.3 Å². The Bertz CT molecular complexity index is 1340. The zero-order valence-electron chi connectivity index (χ0n) is 23.4. The van der Waals surface area contributed by atoms with E-state index in [1.807, 2.05) is 60.7 Å². The first-order chi connectivity index (χ1) is 19.3. The number of hydrogen-bond donors (Lipinski definition) is 0. The van der Waals surface area contributed by atoms with Crippen molar-refractivity contribution in [1.82, 2.24) is 24.6 Å². The molecule has 1 amide bonds. The third-order valence-electron chi connectivity index (χ3n) is 7.73. The SMILES string of the molecule is COCOc1cc(-n2ccnc2)ccc1-c1cc2c(nn1)N(C1CC3CCC(C1)N3C(=O)OC(C)(C)C)CCO2. The number of rotatable bonds is 6. The molecule has 2 saturated heterocycles. The first-order valence-electron chi connectivity index (χ1n) is 13.8. The lowest BCUT2D eigenvalue weighted by molar-refractivity contribution is 0.00559. The molecule has 11 nitrogen and oxygen atoms in total. The average molecular weight is 549 g/mol. The van der Waals surface area contributed by atoms with Gasteiger partial charge in [0.25, 0.3) is 0 Å². The first kappa shape index (κ1) is 26.4. The van der Waals surface area contributed by atoms with Crippen molar-refractivity contribution < 1.29 is 23.7 Å². The van der Waals surface area contributed by atoms with Gasteiger partial charge in [-0.05, 0) is 58.6 Å². The predicted molar refractivity (Wildman–Crippen MR) is 148 cm³/mol. The van der Waals surface area contributed by atoms with Crippen LogP contribution in [0.3, 0.4) is 0 Å². The fourth-order valence-electron chi connectivity index (χ4n) is 6.07. The van der Waals surface area contributed by atoms with E-state index in [1.165, 1.54) is 0 Å². The highest BCUT2D eigenvalue weighted by Gasteiger charge is 2.47. The fourth-order valence-corrected chi connectivity index (χ4v) is 6.07. The molecule has 0 N–H and O–H groups in total. The fraction of sp³-hybridized carbons (Fsp3) is 0.517. The second kappa shape index (κ2) is 10.6. The highest BCUT2D eigenvalue weighted by Crippen LogP contribution is 2.42. The Labute approximate surface area is 234 Å². The molecule has 0 saturated carbocycles. The van der Waals surface area contributed by atoms with Crippen molar-refractivity contribution in [1.29, 1.82) is 0 Å². The number of hydrogen-bond acceptors (Lipinski definition) is 9. The van der Waals surface area contributed by atoms with Crippen LogP contribution in [0.15, 0.2) is 43.0 Å².